The topological polar surface area (TPSA) is 20.3 Å². The van der Waals surface area contributed by atoms with E-state index in [1.54, 1.807) is 40.6 Å². The Morgan fingerprint density at radius 1 is 1.33 bits per heavy atom. The molecule has 0 saturated heterocycles. The molecule has 4 heteroatoms. The smallest absolute Gasteiger partial charge is 0.236 e. The lowest BCUT2D eigenvalue weighted by atomic mass is 10.1. The Labute approximate surface area is 82.9 Å². The number of nitrogens with zero attached hydrogens (tertiary/aromatic N) is 1. The standard InChI is InChI=1S/C8H17NOS2/c1-6(2)7(12-11-5)8(10)9(3)4/h6-7H,1-5H3/t7-/m1/s1. The van der Waals surface area contributed by atoms with Crippen molar-refractivity contribution in [3.63, 3.8) is 0 Å². The van der Waals surface area contributed by atoms with E-state index in [0.717, 1.165) is 0 Å². The molecule has 0 fully saturated rings. The van der Waals surface area contributed by atoms with Gasteiger partial charge in [0.15, 0.2) is 0 Å². The van der Waals surface area contributed by atoms with Crippen LogP contribution < -0.4 is 0 Å². The zero-order valence-electron chi connectivity index (χ0n) is 8.33. The minimum absolute atomic E-state index is 0.0926. The molecule has 12 heavy (non-hydrogen) atoms. The number of amides is 1. The predicted molar refractivity (Wildman–Crippen MR) is 58.4 cm³/mol. The first-order valence-corrected chi connectivity index (χ1v) is 6.53. The highest BCUT2D eigenvalue weighted by Gasteiger charge is 2.23. The Bertz CT molecular complexity index is 148. The van der Waals surface area contributed by atoms with E-state index < -0.39 is 0 Å². The lowest BCUT2D eigenvalue weighted by molar-refractivity contribution is -0.128. The van der Waals surface area contributed by atoms with Crippen molar-refractivity contribution < 1.29 is 4.79 Å². The third kappa shape index (κ3) is 3.72. The van der Waals surface area contributed by atoms with E-state index >= 15 is 0 Å². The lowest BCUT2D eigenvalue weighted by Crippen LogP contribution is -2.34. The van der Waals surface area contributed by atoms with Gasteiger partial charge in [-0.05, 0) is 12.2 Å². The number of hydrogen-bond acceptors (Lipinski definition) is 3. The van der Waals surface area contributed by atoms with Gasteiger partial charge in [-0.15, -0.1) is 0 Å². The second-order valence-electron chi connectivity index (χ2n) is 3.16. The number of rotatable bonds is 4. The highest BCUT2D eigenvalue weighted by atomic mass is 33.1. The van der Waals surface area contributed by atoms with E-state index in [-0.39, 0.29) is 11.2 Å². The van der Waals surface area contributed by atoms with Crippen LogP contribution in [0.15, 0.2) is 0 Å². The van der Waals surface area contributed by atoms with Gasteiger partial charge in [0.1, 0.15) is 0 Å². The maximum Gasteiger partial charge on any atom is 0.236 e. The average Bonchev–Trinajstić information content (AvgIpc) is 1.98. The molecule has 0 aromatic heterocycles. The van der Waals surface area contributed by atoms with E-state index in [0.29, 0.717) is 5.92 Å². The van der Waals surface area contributed by atoms with Crippen molar-refractivity contribution in [1.82, 2.24) is 4.90 Å². The molecule has 0 aliphatic heterocycles. The van der Waals surface area contributed by atoms with Gasteiger partial charge in [-0.2, -0.15) is 0 Å². The largest absolute Gasteiger partial charge is 0.348 e. The molecular formula is C8H17NOS2. The Morgan fingerprint density at radius 3 is 2.08 bits per heavy atom. The van der Waals surface area contributed by atoms with Crippen LogP contribution in [0.25, 0.3) is 0 Å². The fourth-order valence-electron chi connectivity index (χ4n) is 0.796. The zero-order valence-corrected chi connectivity index (χ0v) is 9.96. The molecule has 0 aliphatic carbocycles. The number of carbonyl (C=O) groups excluding carboxylic acids is 1. The lowest BCUT2D eigenvalue weighted by Gasteiger charge is -2.21. The zero-order chi connectivity index (χ0) is 9.72. The number of hydrogen-bond donors (Lipinski definition) is 0. The van der Waals surface area contributed by atoms with Gasteiger partial charge in [0, 0.05) is 14.1 Å². The summed E-state index contributed by atoms with van der Waals surface area (Å²) < 4.78 is 0. The Balaban J connectivity index is 4.19. The molecule has 72 valence electrons. The highest BCUT2D eigenvalue weighted by Crippen LogP contribution is 2.29. The summed E-state index contributed by atoms with van der Waals surface area (Å²) in [7, 11) is 6.91. The van der Waals surface area contributed by atoms with E-state index in [4.69, 9.17) is 0 Å². The van der Waals surface area contributed by atoms with Crippen molar-refractivity contribution in [1.29, 1.82) is 0 Å². The summed E-state index contributed by atoms with van der Waals surface area (Å²) in [4.78, 5) is 13.2. The molecule has 0 rings (SSSR count). The summed E-state index contributed by atoms with van der Waals surface area (Å²) in [6.45, 7) is 4.16. The second kappa shape index (κ2) is 5.75. The van der Waals surface area contributed by atoms with Crippen molar-refractivity contribution in [2.24, 2.45) is 5.92 Å². The van der Waals surface area contributed by atoms with Gasteiger partial charge in [-0.1, -0.05) is 35.4 Å². The van der Waals surface area contributed by atoms with Crippen LogP contribution in [0.1, 0.15) is 13.8 Å². The molecule has 0 bridgehead atoms. The molecule has 0 unspecified atom stereocenters. The first kappa shape index (κ1) is 12.2. The molecular weight excluding hydrogens is 190 g/mol. The predicted octanol–water partition coefficient (Wildman–Crippen LogP) is 2.11. The molecule has 0 saturated carbocycles. The number of carbonyl (C=O) groups is 1. The van der Waals surface area contributed by atoms with E-state index in [1.165, 1.54) is 0 Å². The fraction of sp³-hybridized carbons (Fsp3) is 0.875. The quantitative estimate of drug-likeness (QED) is 0.659. The molecule has 2 nitrogen and oxygen atoms in total. The van der Waals surface area contributed by atoms with Crippen LogP contribution in [0.3, 0.4) is 0 Å². The first-order valence-electron chi connectivity index (χ1n) is 3.91. The van der Waals surface area contributed by atoms with Gasteiger partial charge in [-0.25, -0.2) is 0 Å². The summed E-state index contributed by atoms with van der Waals surface area (Å²) in [5.41, 5.74) is 0. The summed E-state index contributed by atoms with van der Waals surface area (Å²) in [5.74, 6) is 0.613. The highest BCUT2D eigenvalue weighted by molar-refractivity contribution is 8.76. The van der Waals surface area contributed by atoms with Gasteiger partial charge in [0.05, 0.1) is 5.25 Å². The minimum atomic E-state index is 0.0926. The van der Waals surface area contributed by atoms with E-state index in [9.17, 15) is 4.79 Å². The monoisotopic (exact) mass is 207 g/mol. The molecule has 0 spiro atoms. The van der Waals surface area contributed by atoms with Crippen LogP contribution in [0, 0.1) is 5.92 Å². The summed E-state index contributed by atoms with van der Waals surface area (Å²) in [6.07, 6.45) is 2.00. The summed E-state index contributed by atoms with van der Waals surface area (Å²) in [5, 5.41) is 0.0926. The summed E-state index contributed by atoms with van der Waals surface area (Å²) >= 11 is 0. The Kier molecular flexibility index (Phi) is 5.84. The molecule has 0 heterocycles. The molecule has 0 radical (unpaired) electrons. The van der Waals surface area contributed by atoms with E-state index in [1.807, 2.05) is 6.26 Å². The van der Waals surface area contributed by atoms with Gasteiger partial charge >= 0.3 is 0 Å². The van der Waals surface area contributed by atoms with Crippen LogP contribution in [0.2, 0.25) is 0 Å². The third-order valence-corrected chi connectivity index (χ3v) is 3.83. The average molecular weight is 207 g/mol. The van der Waals surface area contributed by atoms with Crippen molar-refractivity contribution in [2.45, 2.75) is 19.1 Å². The molecule has 0 aromatic carbocycles. The van der Waals surface area contributed by atoms with Crippen molar-refractivity contribution in [2.75, 3.05) is 20.4 Å². The fourth-order valence-corrected chi connectivity index (χ4v) is 3.05. The molecule has 0 aromatic rings. The first-order chi connectivity index (χ1) is 5.50. The normalized spacial score (nSPS) is 13.2. The van der Waals surface area contributed by atoms with E-state index in [2.05, 4.69) is 13.8 Å². The third-order valence-electron chi connectivity index (χ3n) is 1.49. The van der Waals surface area contributed by atoms with Gasteiger partial charge in [0.2, 0.25) is 5.91 Å². The van der Waals surface area contributed by atoms with Crippen LogP contribution in [-0.4, -0.2) is 36.4 Å². The molecule has 0 aliphatic rings. The Morgan fingerprint density at radius 2 is 1.83 bits per heavy atom. The molecule has 1 atom stereocenters. The second-order valence-corrected chi connectivity index (χ2v) is 5.77. The van der Waals surface area contributed by atoms with Gasteiger partial charge in [-0.3, -0.25) is 4.79 Å². The molecule has 1 amide bonds. The maximum atomic E-state index is 11.6. The SMILES string of the molecule is CSS[C@@H](C(=O)N(C)C)C(C)C. The Hall–Kier alpha value is 0.170. The van der Waals surface area contributed by atoms with Crippen molar-refractivity contribution in [3.8, 4) is 0 Å². The van der Waals surface area contributed by atoms with Gasteiger partial charge < -0.3 is 4.90 Å². The minimum Gasteiger partial charge on any atom is -0.348 e. The maximum absolute atomic E-state index is 11.6. The van der Waals surface area contributed by atoms with Crippen LogP contribution >= 0.6 is 21.6 Å². The molecule has 0 N–H and O–H groups in total. The van der Waals surface area contributed by atoms with Crippen LogP contribution in [0.5, 0.6) is 0 Å². The van der Waals surface area contributed by atoms with Crippen molar-refractivity contribution >= 4 is 27.5 Å². The summed E-state index contributed by atoms with van der Waals surface area (Å²) in [6, 6.07) is 0. The van der Waals surface area contributed by atoms with Gasteiger partial charge in [0.25, 0.3) is 0 Å². The van der Waals surface area contributed by atoms with Crippen LogP contribution in [-0.2, 0) is 4.79 Å². The van der Waals surface area contributed by atoms with Crippen molar-refractivity contribution in [3.05, 3.63) is 0 Å². The van der Waals surface area contributed by atoms with Crippen LogP contribution in [0.4, 0.5) is 0 Å².